The first kappa shape index (κ1) is 12.7. The van der Waals surface area contributed by atoms with Gasteiger partial charge in [-0.15, -0.1) is 0 Å². The second-order valence-electron chi connectivity index (χ2n) is 4.10. The molecule has 0 aliphatic heterocycles. The fourth-order valence-electron chi connectivity index (χ4n) is 1.41. The van der Waals surface area contributed by atoms with E-state index in [1.807, 2.05) is 38.1 Å². The minimum absolute atomic E-state index is 0.175. The van der Waals surface area contributed by atoms with Gasteiger partial charge in [0.1, 0.15) is 0 Å². The van der Waals surface area contributed by atoms with E-state index in [1.54, 1.807) is 0 Å². The van der Waals surface area contributed by atoms with Gasteiger partial charge in [0.2, 0.25) is 0 Å². The van der Waals surface area contributed by atoms with Crippen LogP contribution in [0.25, 0.3) is 0 Å². The summed E-state index contributed by atoms with van der Waals surface area (Å²) >= 11 is 0. The highest BCUT2D eigenvalue weighted by Gasteiger charge is 2.10. The molecule has 0 saturated heterocycles. The van der Waals surface area contributed by atoms with Crippen molar-refractivity contribution in [2.45, 2.75) is 26.4 Å². The van der Waals surface area contributed by atoms with Crippen LogP contribution in [0.1, 0.15) is 25.0 Å². The summed E-state index contributed by atoms with van der Waals surface area (Å²) in [6.07, 6.45) is 0. The molecule has 2 atom stereocenters. The molecule has 0 radical (unpaired) electrons. The van der Waals surface area contributed by atoms with Crippen LogP contribution in [0.5, 0.6) is 0 Å². The minimum Gasteiger partial charge on any atom is -0.396 e. The second-order valence-corrected chi connectivity index (χ2v) is 4.10. The van der Waals surface area contributed by atoms with E-state index in [9.17, 15) is 0 Å². The molecule has 0 heterocycles. The zero-order valence-corrected chi connectivity index (χ0v) is 9.77. The third-order valence-electron chi connectivity index (χ3n) is 2.89. The van der Waals surface area contributed by atoms with E-state index >= 15 is 0 Å². The van der Waals surface area contributed by atoms with Gasteiger partial charge in [0.05, 0.1) is 11.6 Å². The first-order valence-corrected chi connectivity index (χ1v) is 5.51. The summed E-state index contributed by atoms with van der Waals surface area (Å²) in [5, 5.41) is 21.2. The Kier molecular flexibility index (Phi) is 4.97. The van der Waals surface area contributed by atoms with Crippen LogP contribution in [-0.4, -0.2) is 17.8 Å². The van der Waals surface area contributed by atoms with Crippen molar-refractivity contribution < 1.29 is 5.11 Å². The molecule has 3 nitrogen and oxygen atoms in total. The van der Waals surface area contributed by atoms with Gasteiger partial charge >= 0.3 is 0 Å². The fraction of sp³-hybridized carbons (Fsp3) is 0.462. The largest absolute Gasteiger partial charge is 0.396 e. The molecule has 3 heteroatoms. The summed E-state index contributed by atoms with van der Waals surface area (Å²) in [6.45, 7) is 4.87. The average molecular weight is 218 g/mol. The van der Waals surface area contributed by atoms with Crippen molar-refractivity contribution >= 4 is 0 Å². The smallest absolute Gasteiger partial charge is 0.0995 e. The number of hydrogen-bond acceptors (Lipinski definition) is 3. The summed E-state index contributed by atoms with van der Waals surface area (Å²) in [6, 6.07) is 9.96. The monoisotopic (exact) mass is 218 g/mol. The summed E-state index contributed by atoms with van der Waals surface area (Å²) in [7, 11) is 0. The van der Waals surface area contributed by atoms with E-state index in [4.69, 9.17) is 10.4 Å². The van der Waals surface area contributed by atoms with Crippen molar-refractivity contribution in [3.05, 3.63) is 35.4 Å². The molecule has 0 spiro atoms. The first-order chi connectivity index (χ1) is 7.69. The summed E-state index contributed by atoms with van der Waals surface area (Å²) in [5.41, 5.74) is 1.71. The Hall–Kier alpha value is -1.37. The molecule has 0 aromatic heterocycles. The lowest BCUT2D eigenvalue weighted by molar-refractivity contribution is 0.207. The highest BCUT2D eigenvalue weighted by atomic mass is 16.3. The Morgan fingerprint density at radius 2 is 2.06 bits per heavy atom. The van der Waals surface area contributed by atoms with Crippen molar-refractivity contribution in [2.75, 3.05) is 6.61 Å². The molecule has 0 amide bonds. The highest BCUT2D eigenvalue weighted by molar-refractivity contribution is 5.37. The standard InChI is InChI=1S/C13H18N2O/c1-10(9-16)11(2)15-8-13-6-4-3-5-12(13)7-14/h3-6,10-11,15-16H,8-9H2,1-2H3. The van der Waals surface area contributed by atoms with Gasteiger partial charge in [0, 0.05) is 19.2 Å². The SMILES string of the molecule is CC(CO)C(C)NCc1ccccc1C#N. The van der Waals surface area contributed by atoms with Gasteiger partial charge in [-0.3, -0.25) is 0 Å². The molecule has 0 aliphatic rings. The minimum atomic E-state index is 0.175. The molecule has 1 aromatic rings. The molecule has 0 saturated carbocycles. The molecule has 0 aliphatic carbocycles. The Labute approximate surface area is 96.7 Å². The number of aliphatic hydroxyl groups excluding tert-OH is 1. The maximum Gasteiger partial charge on any atom is 0.0995 e. The molecular weight excluding hydrogens is 200 g/mol. The van der Waals surface area contributed by atoms with Crippen LogP contribution in [0.2, 0.25) is 0 Å². The van der Waals surface area contributed by atoms with E-state index in [0.29, 0.717) is 12.1 Å². The van der Waals surface area contributed by atoms with Crippen molar-refractivity contribution in [2.24, 2.45) is 5.92 Å². The van der Waals surface area contributed by atoms with Crippen molar-refractivity contribution in [3.63, 3.8) is 0 Å². The number of benzene rings is 1. The number of nitrogens with one attached hydrogen (secondary N) is 1. The highest BCUT2D eigenvalue weighted by Crippen LogP contribution is 2.08. The van der Waals surface area contributed by atoms with Crippen LogP contribution in [-0.2, 0) is 6.54 Å². The number of hydrogen-bond donors (Lipinski definition) is 2. The molecule has 0 bridgehead atoms. The Morgan fingerprint density at radius 1 is 1.38 bits per heavy atom. The zero-order chi connectivity index (χ0) is 12.0. The number of aliphatic hydroxyl groups is 1. The van der Waals surface area contributed by atoms with E-state index < -0.39 is 0 Å². The number of rotatable bonds is 5. The van der Waals surface area contributed by atoms with E-state index in [2.05, 4.69) is 11.4 Å². The third-order valence-corrected chi connectivity index (χ3v) is 2.89. The second kappa shape index (κ2) is 6.26. The van der Waals surface area contributed by atoms with Gasteiger partial charge < -0.3 is 10.4 Å². The van der Waals surface area contributed by atoms with Crippen molar-refractivity contribution in [1.82, 2.24) is 5.32 Å². The molecular formula is C13H18N2O. The summed E-state index contributed by atoms with van der Waals surface area (Å²) in [5.74, 6) is 0.217. The van der Waals surface area contributed by atoms with Gasteiger partial charge in [-0.2, -0.15) is 5.26 Å². The van der Waals surface area contributed by atoms with Crippen LogP contribution >= 0.6 is 0 Å². The van der Waals surface area contributed by atoms with Crippen LogP contribution in [0.3, 0.4) is 0 Å². The summed E-state index contributed by atoms with van der Waals surface area (Å²) in [4.78, 5) is 0. The van der Waals surface area contributed by atoms with Crippen molar-refractivity contribution in [3.8, 4) is 6.07 Å². The van der Waals surface area contributed by atoms with Gasteiger partial charge in [0.15, 0.2) is 0 Å². The van der Waals surface area contributed by atoms with Gasteiger partial charge in [-0.05, 0) is 24.5 Å². The van der Waals surface area contributed by atoms with Gasteiger partial charge in [-0.25, -0.2) is 0 Å². The average Bonchev–Trinajstić information content (AvgIpc) is 2.35. The Bertz CT molecular complexity index is 370. The molecule has 2 unspecified atom stereocenters. The molecule has 0 fully saturated rings. The van der Waals surface area contributed by atoms with Crippen molar-refractivity contribution in [1.29, 1.82) is 5.26 Å². The maximum atomic E-state index is 9.01. The van der Waals surface area contributed by atoms with Crippen LogP contribution in [0.4, 0.5) is 0 Å². The number of nitriles is 1. The molecule has 86 valence electrons. The summed E-state index contributed by atoms with van der Waals surface area (Å²) < 4.78 is 0. The van der Waals surface area contributed by atoms with Gasteiger partial charge in [0.25, 0.3) is 0 Å². The predicted molar refractivity (Wildman–Crippen MR) is 63.7 cm³/mol. The molecule has 2 N–H and O–H groups in total. The quantitative estimate of drug-likeness (QED) is 0.790. The van der Waals surface area contributed by atoms with E-state index in [0.717, 1.165) is 5.56 Å². The predicted octanol–water partition coefficient (Wildman–Crippen LogP) is 1.66. The lowest BCUT2D eigenvalue weighted by Crippen LogP contribution is -2.33. The van der Waals surface area contributed by atoms with E-state index in [1.165, 1.54) is 0 Å². The number of nitrogens with zero attached hydrogens (tertiary/aromatic N) is 1. The molecule has 1 aromatic carbocycles. The van der Waals surface area contributed by atoms with Crippen LogP contribution in [0, 0.1) is 17.2 Å². The van der Waals surface area contributed by atoms with E-state index in [-0.39, 0.29) is 18.6 Å². The Morgan fingerprint density at radius 3 is 2.69 bits per heavy atom. The maximum absolute atomic E-state index is 9.01. The lowest BCUT2D eigenvalue weighted by atomic mass is 10.0. The Balaban J connectivity index is 2.58. The van der Waals surface area contributed by atoms with Crippen LogP contribution < -0.4 is 5.32 Å². The lowest BCUT2D eigenvalue weighted by Gasteiger charge is -2.19. The first-order valence-electron chi connectivity index (χ1n) is 5.51. The zero-order valence-electron chi connectivity index (χ0n) is 9.77. The fourth-order valence-corrected chi connectivity index (χ4v) is 1.41. The molecule has 16 heavy (non-hydrogen) atoms. The topological polar surface area (TPSA) is 56.0 Å². The van der Waals surface area contributed by atoms with Gasteiger partial charge in [-0.1, -0.05) is 25.1 Å². The van der Waals surface area contributed by atoms with Crippen LogP contribution in [0.15, 0.2) is 24.3 Å². The normalized spacial score (nSPS) is 14.1. The third kappa shape index (κ3) is 3.34. The molecule has 1 rings (SSSR count).